The molecule has 3 aromatic heterocycles. The minimum atomic E-state index is -0.0750. The van der Waals surface area contributed by atoms with Gasteiger partial charge >= 0.3 is 0 Å². The summed E-state index contributed by atoms with van der Waals surface area (Å²) in [4.78, 5) is 20.5. The average molecular weight is 694 g/mol. The van der Waals surface area contributed by atoms with Gasteiger partial charge in [0.05, 0.1) is 35.6 Å². The molecule has 3 aromatic carbocycles. The quantitative estimate of drug-likeness (QED) is 0.124. The second kappa shape index (κ2) is 12.3. The van der Waals surface area contributed by atoms with Crippen LogP contribution in [0.15, 0.2) is 48.5 Å². The number of fused-ring (bicyclic) bond motifs is 4. The molecule has 8 nitrogen and oxygen atoms in total. The predicted octanol–water partition coefficient (Wildman–Crippen LogP) is 9.86. The van der Waals surface area contributed by atoms with Crippen LogP contribution in [0, 0.1) is 34.3 Å². The zero-order chi connectivity index (χ0) is 34.9. The standard InChI is InChI=1S/C39H38Cl2N6O2/c1-21-17-26(18-22(2)36(21)41)49-16-10-11-27-28-14-15-30(40)35(34-24(4)43-45(8)25(34)5)37(28)47-23(3)20-46(39(48)38(27)47)32-13-9-12-31-29(32)19-33(42-6)44(31)7/h9,12-15,17-19,23H,10-11,16,20H2,1-5,7-8H3/t23-/m1/s1. The van der Waals surface area contributed by atoms with Crippen molar-refractivity contribution in [3.8, 4) is 16.9 Å². The summed E-state index contributed by atoms with van der Waals surface area (Å²) in [5, 5.41) is 7.98. The fourth-order valence-electron chi connectivity index (χ4n) is 7.61. The first-order chi connectivity index (χ1) is 23.4. The molecule has 0 spiro atoms. The second-order valence-electron chi connectivity index (χ2n) is 13.2. The number of carbonyl (C=O) groups is 1. The molecule has 7 rings (SSSR count). The number of benzene rings is 3. The molecule has 1 aliphatic heterocycles. The molecule has 0 saturated carbocycles. The molecule has 1 amide bonds. The van der Waals surface area contributed by atoms with Crippen LogP contribution in [0.3, 0.4) is 0 Å². The van der Waals surface area contributed by atoms with Crippen molar-refractivity contribution in [1.29, 1.82) is 0 Å². The molecule has 49 heavy (non-hydrogen) atoms. The van der Waals surface area contributed by atoms with E-state index >= 15 is 0 Å². The smallest absolute Gasteiger partial charge is 0.275 e. The van der Waals surface area contributed by atoms with E-state index in [1.165, 1.54) is 0 Å². The Labute approximate surface area is 296 Å². The Hall–Kier alpha value is -4.71. The lowest BCUT2D eigenvalue weighted by Crippen LogP contribution is -2.42. The number of amides is 1. The van der Waals surface area contributed by atoms with Gasteiger partial charge in [-0.1, -0.05) is 41.9 Å². The van der Waals surface area contributed by atoms with Gasteiger partial charge in [-0.15, -0.1) is 0 Å². The van der Waals surface area contributed by atoms with Crippen LogP contribution in [-0.4, -0.2) is 38.0 Å². The molecule has 1 aliphatic rings. The SMILES string of the molecule is [C-]#[N+]c1cc2c(N3C[C@@H](C)n4c(c(CCCOc5cc(C)c(Cl)c(C)c5)c5ccc(Cl)c(-c6c(C)nn(C)c6C)c54)C3=O)cccc2n1C. The number of nitrogens with zero attached hydrogens (tertiary/aromatic N) is 6. The summed E-state index contributed by atoms with van der Waals surface area (Å²) in [5.41, 5.74) is 10.0. The van der Waals surface area contributed by atoms with Gasteiger partial charge in [0.15, 0.2) is 0 Å². The molecule has 0 fully saturated rings. The van der Waals surface area contributed by atoms with Gasteiger partial charge in [-0.25, -0.2) is 0 Å². The van der Waals surface area contributed by atoms with Crippen molar-refractivity contribution >= 4 is 62.4 Å². The summed E-state index contributed by atoms with van der Waals surface area (Å²) in [6.07, 6.45) is 1.32. The highest BCUT2D eigenvalue weighted by molar-refractivity contribution is 6.35. The van der Waals surface area contributed by atoms with Gasteiger partial charge in [-0.2, -0.15) is 5.10 Å². The fraction of sp³-hybridized carbons (Fsp3) is 0.308. The second-order valence-corrected chi connectivity index (χ2v) is 13.9. The topological polar surface area (TPSA) is 61.6 Å². The molecular weight excluding hydrogens is 655 g/mol. The zero-order valence-corrected chi connectivity index (χ0v) is 30.3. The number of hydrogen-bond acceptors (Lipinski definition) is 3. The van der Waals surface area contributed by atoms with Gasteiger partial charge in [-0.3, -0.25) is 14.0 Å². The molecule has 6 aromatic rings. The van der Waals surface area contributed by atoms with Gasteiger partial charge in [-0.05, 0) is 101 Å². The van der Waals surface area contributed by atoms with Crippen LogP contribution in [0.5, 0.6) is 5.75 Å². The first-order valence-electron chi connectivity index (χ1n) is 16.5. The number of ether oxygens (including phenoxy) is 1. The number of aromatic nitrogens is 4. The van der Waals surface area contributed by atoms with E-state index < -0.39 is 0 Å². The van der Waals surface area contributed by atoms with Crippen LogP contribution in [0.1, 0.15) is 58.0 Å². The highest BCUT2D eigenvalue weighted by Gasteiger charge is 2.37. The minimum Gasteiger partial charge on any atom is -0.494 e. The predicted molar refractivity (Wildman–Crippen MR) is 199 cm³/mol. The van der Waals surface area contributed by atoms with Crippen LogP contribution in [0.4, 0.5) is 11.5 Å². The number of anilines is 1. The Morgan fingerprint density at radius 1 is 1.00 bits per heavy atom. The molecule has 250 valence electrons. The summed E-state index contributed by atoms with van der Waals surface area (Å²) < 4.78 is 12.2. The summed E-state index contributed by atoms with van der Waals surface area (Å²) >= 11 is 13.5. The summed E-state index contributed by atoms with van der Waals surface area (Å²) in [6.45, 7) is 18.8. The molecule has 0 aliphatic carbocycles. The van der Waals surface area contributed by atoms with Crippen molar-refractivity contribution < 1.29 is 9.53 Å². The Morgan fingerprint density at radius 3 is 2.41 bits per heavy atom. The zero-order valence-electron chi connectivity index (χ0n) is 28.8. The number of rotatable bonds is 7. The maximum absolute atomic E-state index is 14.9. The Balaban J connectivity index is 1.38. The molecule has 0 bridgehead atoms. The maximum atomic E-state index is 14.9. The van der Waals surface area contributed by atoms with Crippen molar-refractivity contribution in [2.24, 2.45) is 14.1 Å². The summed E-state index contributed by atoms with van der Waals surface area (Å²) in [5.74, 6) is 1.24. The third-order valence-corrected chi connectivity index (χ3v) is 10.9. The highest BCUT2D eigenvalue weighted by Crippen LogP contribution is 2.46. The largest absolute Gasteiger partial charge is 0.494 e. The summed E-state index contributed by atoms with van der Waals surface area (Å²) in [6, 6.07) is 15.7. The van der Waals surface area contributed by atoms with Gasteiger partial charge in [0, 0.05) is 52.3 Å². The van der Waals surface area contributed by atoms with Gasteiger partial charge in [0.2, 0.25) is 5.82 Å². The van der Waals surface area contributed by atoms with Crippen molar-refractivity contribution in [2.45, 2.75) is 53.5 Å². The van der Waals surface area contributed by atoms with E-state index in [2.05, 4.69) is 29.3 Å². The van der Waals surface area contributed by atoms with Crippen molar-refractivity contribution in [3.05, 3.63) is 104 Å². The molecule has 0 radical (unpaired) electrons. The molecule has 0 saturated heterocycles. The van der Waals surface area contributed by atoms with E-state index in [1.807, 2.05) is 91.5 Å². The number of carbonyl (C=O) groups excluding carboxylic acids is 1. The minimum absolute atomic E-state index is 0.0726. The van der Waals surface area contributed by atoms with Crippen LogP contribution >= 0.6 is 23.2 Å². The summed E-state index contributed by atoms with van der Waals surface area (Å²) in [7, 11) is 3.83. The van der Waals surface area contributed by atoms with E-state index in [0.29, 0.717) is 42.5 Å². The van der Waals surface area contributed by atoms with E-state index in [0.717, 1.165) is 77.5 Å². The molecule has 0 unspecified atom stereocenters. The van der Waals surface area contributed by atoms with Gasteiger partial charge < -0.3 is 19.0 Å². The number of aryl methyl sites for hydroxylation is 6. The van der Waals surface area contributed by atoms with E-state index in [9.17, 15) is 4.79 Å². The first kappa shape index (κ1) is 32.8. The van der Waals surface area contributed by atoms with Gasteiger partial charge in [0.25, 0.3) is 5.91 Å². The van der Waals surface area contributed by atoms with Crippen molar-refractivity contribution in [1.82, 2.24) is 18.9 Å². The van der Waals surface area contributed by atoms with Crippen LogP contribution in [0.25, 0.3) is 37.8 Å². The monoisotopic (exact) mass is 692 g/mol. The van der Waals surface area contributed by atoms with Crippen molar-refractivity contribution in [2.75, 3.05) is 18.1 Å². The van der Waals surface area contributed by atoms with E-state index in [1.54, 1.807) is 0 Å². The lowest BCUT2D eigenvalue weighted by molar-refractivity contribution is 0.0957. The Kier molecular flexibility index (Phi) is 8.25. The molecule has 10 heteroatoms. The van der Waals surface area contributed by atoms with Crippen molar-refractivity contribution in [3.63, 3.8) is 0 Å². The maximum Gasteiger partial charge on any atom is 0.275 e. The molecular formula is C39H38Cl2N6O2. The van der Waals surface area contributed by atoms with Crippen LogP contribution in [-0.2, 0) is 20.5 Å². The average Bonchev–Trinajstić information content (AvgIpc) is 3.67. The van der Waals surface area contributed by atoms with E-state index in [4.69, 9.17) is 39.6 Å². The Bertz CT molecular complexity index is 2350. The third kappa shape index (κ3) is 5.19. The lowest BCUT2D eigenvalue weighted by Gasteiger charge is -2.34. The van der Waals surface area contributed by atoms with Crippen LogP contribution in [0.2, 0.25) is 10.0 Å². The molecule has 1 atom stereocenters. The third-order valence-electron chi connectivity index (χ3n) is 10.0. The van der Waals surface area contributed by atoms with Crippen LogP contribution < -0.4 is 9.64 Å². The van der Waals surface area contributed by atoms with Gasteiger partial charge in [0.1, 0.15) is 17.0 Å². The molecule has 0 N–H and O–H groups in total. The number of halogens is 2. The normalized spacial score (nSPS) is 14.6. The Morgan fingerprint density at radius 2 is 1.73 bits per heavy atom. The first-order valence-corrected chi connectivity index (χ1v) is 17.2. The van der Waals surface area contributed by atoms with E-state index in [-0.39, 0.29) is 11.9 Å². The fourth-order valence-corrected chi connectivity index (χ4v) is 7.97. The highest BCUT2D eigenvalue weighted by atomic mass is 35.5. The molecule has 4 heterocycles. The number of hydrogen-bond donors (Lipinski definition) is 0. The lowest BCUT2D eigenvalue weighted by atomic mass is 9.98.